The predicted octanol–water partition coefficient (Wildman–Crippen LogP) is 3.02. The monoisotopic (exact) mass is 395 g/mol. The molecule has 0 unspecified atom stereocenters. The van der Waals surface area contributed by atoms with E-state index in [1.807, 2.05) is 0 Å². The number of amides is 1. The Morgan fingerprint density at radius 1 is 1.40 bits per heavy atom. The summed E-state index contributed by atoms with van der Waals surface area (Å²) in [5.74, 6) is -0.429. The van der Waals surface area contributed by atoms with Crippen molar-refractivity contribution in [1.29, 1.82) is 0 Å². The highest BCUT2D eigenvalue weighted by atomic mass is 35.5. The molecule has 1 aromatic carbocycles. The number of alkyl halides is 3. The second-order valence-corrected chi connectivity index (χ2v) is 5.81. The first-order chi connectivity index (χ1) is 11.3. The molecule has 0 bridgehead atoms. The van der Waals surface area contributed by atoms with E-state index in [4.69, 9.17) is 10.5 Å². The molecule has 0 radical (unpaired) electrons. The van der Waals surface area contributed by atoms with Gasteiger partial charge in [0.25, 0.3) is 5.91 Å². The highest BCUT2D eigenvalue weighted by molar-refractivity contribution is 7.09. The van der Waals surface area contributed by atoms with Crippen LogP contribution in [0.1, 0.15) is 26.6 Å². The van der Waals surface area contributed by atoms with E-state index in [0.717, 1.165) is 6.07 Å². The van der Waals surface area contributed by atoms with Gasteiger partial charge in [-0.05, 0) is 24.2 Å². The standard InChI is InChI=1S/C15H16F3N3O2S.ClH/c1-23-10-3-2-9(11(6-10)15(16,17)18)7-20-14(22)12-8-24-13(21-12)4-5-19;/h2-3,6,8H,4-5,7,19H2,1H3,(H,20,22);1H. The van der Waals surface area contributed by atoms with Gasteiger partial charge in [0, 0.05) is 18.3 Å². The van der Waals surface area contributed by atoms with E-state index in [0.29, 0.717) is 18.0 Å². The van der Waals surface area contributed by atoms with Crippen LogP contribution in [0.4, 0.5) is 13.2 Å². The molecule has 0 saturated carbocycles. The summed E-state index contributed by atoms with van der Waals surface area (Å²) in [6, 6.07) is 3.60. The van der Waals surface area contributed by atoms with E-state index in [-0.39, 0.29) is 36.0 Å². The number of ether oxygens (including phenoxy) is 1. The van der Waals surface area contributed by atoms with Gasteiger partial charge in [0.1, 0.15) is 11.4 Å². The Hall–Kier alpha value is -1.84. The summed E-state index contributed by atoms with van der Waals surface area (Å²) >= 11 is 1.29. The molecule has 1 heterocycles. The zero-order chi connectivity index (χ0) is 17.7. The summed E-state index contributed by atoms with van der Waals surface area (Å²) in [7, 11) is 1.29. The number of hydrogen-bond acceptors (Lipinski definition) is 5. The van der Waals surface area contributed by atoms with E-state index in [1.54, 1.807) is 5.38 Å². The van der Waals surface area contributed by atoms with Crippen molar-refractivity contribution in [3.63, 3.8) is 0 Å². The number of thiazole rings is 1. The molecule has 138 valence electrons. The Morgan fingerprint density at radius 3 is 2.72 bits per heavy atom. The lowest BCUT2D eigenvalue weighted by Gasteiger charge is -2.14. The van der Waals surface area contributed by atoms with Crippen molar-refractivity contribution in [3.8, 4) is 5.75 Å². The molecule has 0 spiro atoms. The topological polar surface area (TPSA) is 77.2 Å². The minimum Gasteiger partial charge on any atom is -0.497 e. The molecular weight excluding hydrogens is 379 g/mol. The van der Waals surface area contributed by atoms with Crippen LogP contribution in [-0.2, 0) is 19.1 Å². The summed E-state index contributed by atoms with van der Waals surface area (Å²) in [5, 5.41) is 4.72. The van der Waals surface area contributed by atoms with Crippen molar-refractivity contribution >= 4 is 29.7 Å². The van der Waals surface area contributed by atoms with Gasteiger partial charge in [-0.1, -0.05) is 6.07 Å². The number of rotatable bonds is 6. The molecular formula is C15H17ClF3N3O2S. The number of nitrogens with two attached hydrogens (primary N) is 1. The Bertz CT molecular complexity index is 722. The molecule has 0 aliphatic rings. The Balaban J connectivity index is 0.00000312. The first kappa shape index (κ1) is 21.2. The van der Waals surface area contributed by atoms with Crippen LogP contribution in [0.2, 0.25) is 0 Å². The fraction of sp³-hybridized carbons (Fsp3) is 0.333. The molecule has 0 fully saturated rings. The third kappa shape index (κ3) is 5.58. The van der Waals surface area contributed by atoms with Gasteiger partial charge in [0.2, 0.25) is 0 Å². The first-order valence-corrected chi connectivity index (χ1v) is 7.90. The predicted molar refractivity (Wildman–Crippen MR) is 91.3 cm³/mol. The highest BCUT2D eigenvalue weighted by Gasteiger charge is 2.33. The largest absolute Gasteiger partial charge is 0.497 e. The number of hydrogen-bond donors (Lipinski definition) is 2. The number of nitrogens with zero attached hydrogens (tertiary/aromatic N) is 1. The van der Waals surface area contributed by atoms with Crippen molar-refractivity contribution in [2.45, 2.75) is 19.1 Å². The lowest BCUT2D eigenvalue weighted by molar-refractivity contribution is -0.138. The summed E-state index contributed by atoms with van der Waals surface area (Å²) in [6.07, 6.45) is -3.99. The number of carbonyl (C=O) groups is 1. The van der Waals surface area contributed by atoms with Gasteiger partial charge in [0.05, 0.1) is 17.7 Å². The zero-order valence-electron chi connectivity index (χ0n) is 13.2. The smallest absolute Gasteiger partial charge is 0.416 e. The van der Waals surface area contributed by atoms with Crippen LogP contribution in [-0.4, -0.2) is 24.5 Å². The quantitative estimate of drug-likeness (QED) is 0.788. The van der Waals surface area contributed by atoms with Crippen LogP contribution in [0.5, 0.6) is 5.75 Å². The average molecular weight is 396 g/mol. The minimum atomic E-state index is -4.54. The van der Waals surface area contributed by atoms with Crippen LogP contribution < -0.4 is 15.8 Å². The minimum absolute atomic E-state index is 0. The second kappa shape index (κ2) is 9.02. The van der Waals surface area contributed by atoms with Crippen LogP contribution in [0.3, 0.4) is 0 Å². The molecule has 1 amide bonds. The van der Waals surface area contributed by atoms with Crippen molar-refractivity contribution in [2.24, 2.45) is 5.73 Å². The molecule has 10 heteroatoms. The molecule has 5 nitrogen and oxygen atoms in total. The van der Waals surface area contributed by atoms with Crippen molar-refractivity contribution < 1.29 is 22.7 Å². The van der Waals surface area contributed by atoms with Crippen LogP contribution in [0, 0.1) is 0 Å². The van der Waals surface area contributed by atoms with Gasteiger partial charge in [-0.15, -0.1) is 23.7 Å². The number of methoxy groups -OCH3 is 1. The fourth-order valence-electron chi connectivity index (χ4n) is 2.02. The average Bonchev–Trinajstić information content (AvgIpc) is 3.00. The Morgan fingerprint density at radius 2 is 2.12 bits per heavy atom. The summed E-state index contributed by atoms with van der Waals surface area (Å²) < 4.78 is 44.1. The first-order valence-electron chi connectivity index (χ1n) is 7.02. The highest BCUT2D eigenvalue weighted by Crippen LogP contribution is 2.34. The van der Waals surface area contributed by atoms with Crippen LogP contribution in [0.15, 0.2) is 23.6 Å². The molecule has 2 rings (SSSR count). The lowest BCUT2D eigenvalue weighted by Crippen LogP contribution is -2.25. The zero-order valence-corrected chi connectivity index (χ0v) is 14.9. The maximum absolute atomic E-state index is 13.1. The number of nitrogens with one attached hydrogen (secondary N) is 1. The van der Waals surface area contributed by atoms with Crippen LogP contribution >= 0.6 is 23.7 Å². The van der Waals surface area contributed by atoms with Crippen LogP contribution in [0.25, 0.3) is 0 Å². The molecule has 0 aliphatic heterocycles. The van der Waals surface area contributed by atoms with E-state index < -0.39 is 17.6 Å². The van der Waals surface area contributed by atoms with E-state index >= 15 is 0 Å². The second-order valence-electron chi connectivity index (χ2n) is 4.87. The molecule has 0 saturated heterocycles. The van der Waals surface area contributed by atoms with Gasteiger partial charge in [0.15, 0.2) is 0 Å². The van der Waals surface area contributed by atoms with Gasteiger partial charge >= 0.3 is 6.18 Å². The summed E-state index contributed by atoms with van der Waals surface area (Å²) in [5.41, 5.74) is 4.69. The van der Waals surface area contributed by atoms with Crippen molar-refractivity contribution in [2.75, 3.05) is 13.7 Å². The third-order valence-corrected chi connectivity index (χ3v) is 4.11. The molecule has 25 heavy (non-hydrogen) atoms. The van der Waals surface area contributed by atoms with Crippen molar-refractivity contribution in [3.05, 3.63) is 45.4 Å². The fourth-order valence-corrected chi connectivity index (χ4v) is 2.81. The summed E-state index contributed by atoms with van der Waals surface area (Å²) in [6.45, 7) is 0.150. The van der Waals surface area contributed by atoms with E-state index in [1.165, 1.54) is 30.6 Å². The molecule has 0 aliphatic carbocycles. The van der Waals surface area contributed by atoms with E-state index in [2.05, 4.69) is 10.3 Å². The number of aromatic nitrogens is 1. The Kier molecular flexibility index (Phi) is 7.65. The van der Waals surface area contributed by atoms with Crippen molar-refractivity contribution in [1.82, 2.24) is 10.3 Å². The molecule has 0 atom stereocenters. The Labute approximate surface area is 152 Å². The number of benzene rings is 1. The third-order valence-electron chi connectivity index (χ3n) is 3.20. The lowest BCUT2D eigenvalue weighted by atomic mass is 10.1. The van der Waals surface area contributed by atoms with E-state index in [9.17, 15) is 18.0 Å². The maximum Gasteiger partial charge on any atom is 0.416 e. The molecule has 3 N–H and O–H groups in total. The van der Waals surface area contributed by atoms with Gasteiger partial charge in [-0.2, -0.15) is 13.2 Å². The maximum atomic E-state index is 13.1. The molecule has 1 aromatic heterocycles. The van der Waals surface area contributed by atoms with Gasteiger partial charge in [-0.3, -0.25) is 4.79 Å². The van der Waals surface area contributed by atoms with Gasteiger partial charge < -0.3 is 15.8 Å². The normalized spacial score (nSPS) is 10.9. The molecule has 2 aromatic rings. The number of halogens is 4. The summed E-state index contributed by atoms with van der Waals surface area (Å²) in [4.78, 5) is 16.1. The number of carbonyl (C=O) groups excluding carboxylic acids is 1. The SMILES string of the molecule is COc1ccc(CNC(=O)c2csc(CCN)n2)c(C(F)(F)F)c1.Cl. The van der Waals surface area contributed by atoms with Gasteiger partial charge in [-0.25, -0.2) is 4.98 Å².